The average molecular weight is 491 g/mol. The van der Waals surface area contributed by atoms with Gasteiger partial charge in [0.05, 0.1) is 19.6 Å². The van der Waals surface area contributed by atoms with Gasteiger partial charge in [-0.1, -0.05) is 30.3 Å². The number of carbonyl (C=O) groups is 1. The van der Waals surface area contributed by atoms with Gasteiger partial charge in [-0.15, -0.1) is 0 Å². The standard InChI is InChI=1S/C21H18N2O8S2/c24-21(25)20(14-15-6-8-16(9-7-15)23(26)27)22-33(30,31)19-12-10-18(11-13-19)32(28,29)17-4-2-1-3-5-17/h1-13,20,22H,14H2,(H,24,25)/t20-/m1/s1. The van der Waals surface area contributed by atoms with Crippen molar-refractivity contribution in [3.8, 4) is 0 Å². The zero-order valence-electron chi connectivity index (χ0n) is 16.9. The molecule has 0 spiro atoms. The molecule has 2 N–H and O–H groups in total. The molecule has 33 heavy (non-hydrogen) atoms. The maximum Gasteiger partial charge on any atom is 0.322 e. The van der Waals surface area contributed by atoms with Gasteiger partial charge in [0.25, 0.3) is 5.69 Å². The first-order valence-electron chi connectivity index (χ1n) is 9.39. The van der Waals surface area contributed by atoms with Gasteiger partial charge in [0.2, 0.25) is 19.9 Å². The van der Waals surface area contributed by atoms with Crippen molar-refractivity contribution in [2.24, 2.45) is 0 Å². The smallest absolute Gasteiger partial charge is 0.322 e. The largest absolute Gasteiger partial charge is 0.480 e. The molecule has 10 nitrogen and oxygen atoms in total. The van der Waals surface area contributed by atoms with Crippen LogP contribution < -0.4 is 4.72 Å². The Morgan fingerprint density at radius 1 is 0.848 bits per heavy atom. The van der Waals surface area contributed by atoms with Crippen LogP contribution in [0.25, 0.3) is 0 Å². The number of nitro benzene ring substituents is 1. The normalized spacial score (nSPS) is 12.7. The summed E-state index contributed by atoms with van der Waals surface area (Å²) in [6.07, 6.45) is -0.257. The molecule has 0 heterocycles. The van der Waals surface area contributed by atoms with Crippen LogP contribution in [0.15, 0.2) is 93.5 Å². The molecule has 0 unspecified atom stereocenters. The van der Waals surface area contributed by atoms with E-state index in [0.717, 1.165) is 24.3 Å². The van der Waals surface area contributed by atoms with E-state index in [1.807, 2.05) is 0 Å². The lowest BCUT2D eigenvalue weighted by Gasteiger charge is -2.15. The third kappa shape index (κ3) is 5.61. The van der Waals surface area contributed by atoms with Gasteiger partial charge in [0.15, 0.2) is 0 Å². The van der Waals surface area contributed by atoms with Crippen molar-refractivity contribution in [3.05, 3.63) is 94.5 Å². The number of nitro groups is 1. The summed E-state index contributed by atoms with van der Waals surface area (Å²) in [4.78, 5) is 21.4. The molecule has 3 aromatic carbocycles. The van der Waals surface area contributed by atoms with Crippen molar-refractivity contribution >= 4 is 31.5 Å². The molecule has 0 saturated carbocycles. The Kier molecular flexibility index (Phi) is 6.91. The summed E-state index contributed by atoms with van der Waals surface area (Å²) in [5.41, 5.74) is 0.191. The molecular weight excluding hydrogens is 472 g/mol. The fourth-order valence-electron chi connectivity index (χ4n) is 2.96. The molecule has 12 heteroatoms. The number of hydrogen-bond donors (Lipinski definition) is 2. The van der Waals surface area contributed by atoms with Crippen molar-refractivity contribution in [3.63, 3.8) is 0 Å². The van der Waals surface area contributed by atoms with E-state index in [0.29, 0.717) is 5.56 Å². The molecule has 0 aromatic heterocycles. The van der Waals surface area contributed by atoms with Crippen LogP contribution in [0.3, 0.4) is 0 Å². The second kappa shape index (κ2) is 9.48. The molecular formula is C21H18N2O8S2. The Morgan fingerprint density at radius 2 is 1.36 bits per heavy atom. The first-order chi connectivity index (χ1) is 15.5. The molecule has 0 saturated heterocycles. The van der Waals surface area contributed by atoms with Crippen LogP contribution in [0.1, 0.15) is 5.56 Å². The van der Waals surface area contributed by atoms with Crippen LogP contribution in [0, 0.1) is 10.1 Å². The van der Waals surface area contributed by atoms with Gasteiger partial charge in [0.1, 0.15) is 6.04 Å². The highest BCUT2D eigenvalue weighted by Gasteiger charge is 2.27. The minimum atomic E-state index is -4.31. The monoisotopic (exact) mass is 490 g/mol. The third-order valence-corrected chi connectivity index (χ3v) is 7.95. The summed E-state index contributed by atoms with van der Waals surface area (Å²) in [7, 11) is -8.15. The van der Waals surface area contributed by atoms with Crippen LogP contribution in [0.5, 0.6) is 0 Å². The minimum Gasteiger partial charge on any atom is -0.480 e. The van der Waals surface area contributed by atoms with E-state index in [4.69, 9.17) is 0 Å². The zero-order chi connectivity index (χ0) is 24.2. The number of non-ortho nitro benzene ring substituents is 1. The van der Waals surface area contributed by atoms with Crippen LogP contribution in [0.2, 0.25) is 0 Å². The SMILES string of the molecule is O=C(O)[C@@H](Cc1ccc([N+](=O)[O-])cc1)NS(=O)(=O)c1ccc(S(=O)(=O)c2ccccc2)cc1. The van der Waals surface area contributed by atoms with Crippen LogP contribution in [-0.2, 0) is 31.1 Å². The molecule has 0 amide bonds. The lowest BCUT2D eigenvalue weighted by atomic mass is 10.1. The van der Waals surface area contributed by atoms with E-state index < -0.39 is 36.8 Å². The van der Waals surface area contributed by atoms with Gasteiger partial charge in [-0.3, -0.25) is 14.9 Å². The highest BCUT2D eigenvalue weighted by molar-refractivity contribution is 7.91. The average Bonchev–Trinajstić information content (AvgIpc) is 2.79. The number of aliphatic carboxylic acids is 1. The lowest BCUT2D eigenvalue weighted by Crippen LogP contribution is -2.42. The van der Waals surface area contributed by atoms with E-state index in [9.17, 15) is 36.9 Å². The Labute approximate surface area is 189 Å². The number of nitrogens with zero attached hydrogens (tertiary/aromatic N) is 1. The number of benzene rings is 3. The van der Waals surface area contributed by atoms with E-state index in [-0.39, 0.29) is 26.8 Å². The number of sulfone groups is 1. The molecule has 172 valence electrons. The predicted molar refractivity (Wildman–Crippen MR) is 117 cm³/mol. The number of nitrogens with one attached hydrogen (secondary N) is 1. The van der Waals surface area contributed by atoms with Crippen molar-refractivity contribution in [1.29, 1.82) is 0 Å². The second-order valence-corrected chi connectivity index (χ2v) is 10.6. The molecule has 1 atom stereocenters. The molecule has 0 aliphatic carbocycles. The summed E-state index contributed by atoms with van der Waals surface area (Å²) < 4.78 is 52.8. The quantitative estimate of drug-likeness (QED) is 0.341. The van der Waals surface area contributed by atoms with Crippen molar-refractivity contribution < 1.29 is 31.7 Å². The summed E-state index contributed by atoms with van der Waals surface area (Å²) in [6.45, 7) is 0. The first kappa shape index (κ1) is 24.0. The molecule has 0 aliphatic heterocycles. The van der Waals surface area contributed by atoms with Crippen molar-refractivity contribution in [2.75, 3.05) is 0 Å². The maximum atomic E-state index is 12.7. The number of rotatable bonds is 9. The number of carboxylic acids is 1. The van der Waals surface area contributed by atoms with Gasteiger partial charge in [-0.25, -0.2) is 16.8 Å². The van der Waals surface area contributed by atoms with Crippen LogP contribution in [0.4, 0.5) is 5.69 Å². The fourth-order valence-corrected chi connectivity index (χ4v) is 5.43. The van der Waals surface area contributed by atoms with Crippen molar-refractivity contribution in [1.82, 2.24) is 4.72 Å². The maximum absolute atomic E-state index is 12.7. The highest BCUT2D eigenvalue weighted by Crippen LogP contribution is 2.22. The third-order valence-electron chi connectivity index (χ3n) is 4.68. The fraction of sp³-hybridized carbons (Fsp3) is 0.0952. The van der Waals surface area contributed by atoms with Gasteiger partial charge >= 0.3 is 5.97 Å². The lowest BCUT2D eigenvalue weighted by molar-refractivity contribution is -0.384. The molecule has 0 bridgehead atoms. The number of hydrogen-bond acceptors (Lipinski definition) is 7. The second-order valence-electron chi connectivity index (χ2n) is 6.93. The Morgan fingerprint density at radius 3 is 1.88 bits per heavy atom. The number of carboxylic acid groups (broad SMARTS) is 1. The predicted octanol–water partition coefficient (Wildman–Crippen LogP) is 2.40. The summed E-state index contributed by atoms with van der Waals surface area (Å²) >= 11 is 0. The zero-order valence-corrected chi connectivity index (χ0v) is 18.5. The topological polar surface area (TPSA) is 161 Å². The molecule has 3 rings (SSSR count). The Bertz CT molecular complexity index is 1370. The Hall–Kier alpha value is -3.61. The van der Waals surface area contributed by atoms with Crippen LogP contribution >= 0.6 is 0 Å². The first-order valence-corrected chi connectivity index (χ1v) is 12.4. The van der Waals surface area contributed by atoms with Gasteiger partial charge < -0.3 is 5.11 Å². The summed E-state index contributed by atoms with van der Waals surface area (Å²) in [6, 6.07) is 15.5. The minimum absolute atomic E-state index is 0.0489. The van der Waals surface area contributed by atoms with E-state index in [1.165, 1.54) is 36.4 Å². The van der Waals surface area contributed by atoms with Crippen molar-refractivity contribution in [2.45, 2.75) is 27.1 Å². The summed E-state index contributed by atoms with van der Waals surface area (Å²) in [5.74, 6) is -1.44. The van der Waals surface area contributed by atoms with Gasteiger partial charge in [-0.2, -0.15) is 4.72 Å². The molecule has 0 fully saturated rings. The van der Waals surface area contributed by atoms with Crippen LogP contribution in [-0.4, -0.2) is 38.9 Å². The van der Waals surface area contributed by atoms with E-state index in [2.05, 4.69) is 4.72 Å². The molecule has 3 aromatic rings. The summed E-state index contributed by atoms with van der Waals surface area (Å²) in [5, 5.41) is 20.2. The Balaban J connectivity index is 1.80. The van der Waals surface area contributed by atoms with E-state index in [1.54, 1.807) is 18.2 Å². The highest BCUT2D eigenvalue weighted by atomic mass is 32.2. The molecule has 0 aliphatic rings. The number of sulfonamides is 1. The van der Waals surface area contributed by atoms with Gasteiger partial charge in [-0.05, 0) is 48.4 Å². The van der Waals surface area contributed by atoms with Gasteiger partial charge in [0, 0.05) is 12.1 Å². The van der Waals surface area contributed by atoms with E-state index >= 15 is 0 Å². The molecule has 0 radical (unpaired) electrons.